The molecule has 1 aromatic rings. The number of hydrogen-bond acceptors (Lipinski definition) is 2. The third-order valence-corrected chi connectivity index (χ3v) is 3.70. The largest absolute Gasteiger partial charge is 0.480 e. The van der Waals surface area contributed by atoms with Crippen LogP contribution in [0.5, 0.6) is 0 Å². The van der Waals surface area contributed by atoms with E-state index in [1.807, 2.05) is 0 Å². The van der Waals surface area contributed by atoms with Crippen LogP contribution >= 0.6 is 0 Å². The van der Waals surface area contributed by atoms with Crippen LogP contribution in [0.1, 0.15) is 25.3 Å². The second-order valence-corrected chi connectivity index (χ2v) is 5.29. The first-order chi connectivity index (χ1) is 9.84. The van der Waals surface area contributed by atoms with E-state index in [2.05, 4.69) is 10.6 Å². The number of carbonyl (C=O) groups excluding carboxylic acids is 1. The molecule has 2 amide bonds. The van der Waals surface area contributed by atoms with E-state index < -0.39 is 29.2 Å². The molecule has 5 nitrogen and oxygen atoms in total. The highest BCUT2D eigenvalue weighted by Gasteiger charge is 2.48. The minimum atomic E-state index is -1.36. The first-order valence-corrected chi connectivity index (χ1v) is 6.57. The molecule has 0 aromatic heterocycles. The molecular weight excluding hydrogens is 282 g/mol. The average Bonchev–Trinajstić information content (AvgIpc) is 3.22. The Balaban J connectivity index is 1.97. The van der Waals surface area contributed by atoms with Crippen LogP contribution in [0.25, 0.3) is 0 Å². The van der Waals surface area contributed by atoms with Crippen molar-refractivity contribution < 1.29 is 23.5 Å². The predicted octanol–water partition coefficient (Wildman–Crippen LogP) is 2.02. The number of carbonyl (C=O) groups is 2. The monoisotopic (exact) mass is 298 g/mol. The van der Waals surface area contributed by atoms with Gasteiger partial charge in [-0.1, -0.05) is 6.07 Å². The summed E-state index contributed by atoms with van der Waals surface area (Å²) < 4.78 is 26.8. The summed E-state index contributed by atoms with van der Waals surface area (Å²) in [4.78, 5) is 23.0. The van der Waals surface area contributed by atoms with Gasteiger partial charge in [-0.2, -0.15) is 0 Å². The Morgan fingerprint density at radius 1 is 1.33 bits per heavy atom. The van der Waals surface area contributed by atoms with Gasteiger partial charge in [-0.25, -0.2) is 18.4 Å². The fourth-order valence-corrected chi connectivity index (χ4v) is 2.14. The summed E-state index contributed by atoms with van der Waals surface area (Å²) in [5, 5.41) is 13.9. The molecule has 0 saturated heterocycles. The number of carboxylic acid groups (broad SMARTS) is 1. The van der Waals surface area contributed by atoms with E-state index in [1.54, 1.807) is 0 Å². The lowest BCUT2D eigenvalue weighted by molar-refractivity contribution is -0.144. The number of halogens is 2. The molecule has 1 saturated carbocycles. The summed E-state index contributed by atoms with van der Waals surface area (Å²) in [6, 6.07) is 2.63. The Morgan fingerprint density at radius 3 is 2.38 bits per heavy atom. The van der Waals surface area contributed by atoms with Gasteiger partial charge in [0.2, 0.25) is 0 Å². The lowest BCUT2D eigenvalue weighted by Gasteiger charge is -2.26. The molecule has 1 atom stereocenters. The fourth-order valence-electron chi connectivity index (χ4n) is 2.14. The molecule has 1 fully saturated rings. The van der Waals surface area contributed by atoms with Gasteiger partial charge in [0, 0.05) is 5.56 Å². The van der Waals surface area contributed by atoms with E-state index in [9.17, 15) is 23.5 Å². The van der Waals surface area contributed by atoms with E-state index in [-0.39, 0.29) is 18.0 Å². The zero-order valence-electron chi connectivity index (χ0n) is 11.5. The van der Waals surface area contributed by atoms with Crippen LogP contribution < -0.4 is 10.6 Å². The molecule has 0 aliphatic heterocycles. The van der Waals surface area contributed by atoms with Gasteiger partial charge in [-0.15, -0.1) is 0 Å². The van der Waals surface area contributed by atoms with Gasteiger partial charge in [0.1, 0.15) is 17.2 Å². The molecule has 0 bridgehead atoms. The van der Waals surface area contributed by atoms with Crippen molar-refractivity contribution in [1.29, 1.82) is 0 Å². The number of carboxylic acids is 1. The fraction of sp³-hybridized carbons (Fsp3) is 0.429. The highest BCUT2D eigenvalue weighted by molar-refractivity contribution is 5.86. The maximum absolute atomic E-state index is 13.4. The normalized spacial score (nSPS) is 16.9. The second kappa shape index (κ2) is 5.67. The molecule has 1 unspecified atom stereocenters. The number of urea groups is 1. The maximum Gasteiger partial charge on any atom is 0.329 e. The average molecular weight is 298 g/mol. The van der Waals surface area contributed by atoms with Crippen LogP contribution in [0, 0.1) is 17.6 Å². The summed E-state index contributed by atoms with van der Waals surface area (Å²) in [6.07, 6.45) is 1.45. The topological polar surface area (TPSA) is 78.4 Å². The van der Waals surface area contributed by atoms with Crippen LogP contribution in [-0.2, 0) is 11.3 Å². The standard InChI is InChI=1S/C14H16F2N2O3/c1-14(12(19)20,8-5-6-8)18-13(21)17-7-9-10(15)3-2-4-11(9)16/h2-4,8H,5-7H2,1H3,(H,19,20)(H2,17,18,21). The smallest absolute Gasteiger partial charge is 0.329 e. The van der Waals surface area contributed by atoms with Crippen LogP contribution in [0.15, 0.2) is 18.2 Å². The second-order valence-electron chi connectivity index (χ2n) is 5.29. The van der Waals surface area contributed by atoms with E-state index in [0.717, 1.165) is 25.0 Å². The number of aliphatic carboxylic acids is 1. The minimum absolute atomic E-state index is 0.119. The lowest BCUT2D eigenvalue weighted by Crippen LogP contribution is -2.56. The zero-order valence-corrected chi connectivity index (χ0v) is 11.5. The highest BCUT2D eigenvalue weighted by Crippen LogP contribution is 2.39. The van der Waals surface area contributed by atoms with Crippen LogP contribution in [0.4, 0.5) is 13.6 Å². The predicted molar refractivity (Wildman–Crippen MR) is 70.5 cm³/mol. The molecule has 21 heavy (non-hydrogen) atoms. The molecule has 1 aromatic carbocycles. The van der Waals surface area contributed by atoms with Crippen molar-refractivity contribution in [3.63, 3.8) is 0 Å². The molecule has 0 spiro atoms. The SMILES string of the molecule is CC(NC(=O)NCc1c(F)cccc1F)(C(=O)O)C1CC1. The minimum Gasteiger partial charge on any atom is -0.480 e. The summed E-state index contributed by atoms with van der Waals surface area (Å²) in [6.45, 7) is 1.07. The van der Waals surface area contributed by atoms with Crippen molar-refractivity contribution in [2.75, 3.05) is 0 Å². The zero-order chi connectivity index (χ0) is 15.6. The van der Waals surface area contributed by atoms with Crippen LogP contribution in [0.2, 0.25) is 0 Å². The third kappa shape index (κ3) is 3.29. The highest BCUT2D eigenvalue weighted by atomic mass is 19.1. The first kappa shape index (κ1) is 15.2. The van der Waals surface area contributed by atoms with Gasteiger partial charge in [0.25, 0.3) is 0 Å². The number of rotatable bonds is 5. The Hall–Kier alpha value is -2.18. The maximum atomic E-state index is 13.4. The third-order valence-electron chi connectivity index (χ3n) is 3.70. The number of hydrogen-bond donors (Lipinski definition) is 3. The molecule has 1 aliphatic carbocycles. The molecule has 7 heteroatoms. The van der Waals surface area contributed by atoms with Crippen LogP contribution in [0.3, 0.4) is 0 Å². The lowest BCUT2D eigenvalue weighted by atomic mass is 9.96. The summed E-state index contributed by atoms with van der Waals surface area (Å²) >= 11 is 0. The number of nitrogens with one attached hydrogen (secondary N) is 2. The van der Waals surface area contributed by atoms with Crippen molar-refractivity contribution >= 4 is 12.0 Å². The van der Waals surface area contributed by atoms with E-state index >= 15 is 0 Å². The van der Waals surface area contributed by atoms with Gasteiger partial charge in [0.15, 0.2) is 0 Å². The van der Waals surface area contributed by atoms with Crippen molar-refractivity contribution in [3.8, 4) is 0 Å². The first-order valence-electron chi connectivity index (χ1n) is 6.57. The van der Waals surface area contributed by atoms with Gasteiger partial charge in [-0.3, -0.25) is 0 Å². The molecule has 0 heterocycles. The van der Waals surface area contributed by atoms with E-state index in [4.69, 9.17) is 0 Å². The molecule has 3 N–H and O–H groups in total. The molecule has 0 radical (unpaired) electrons. The molecule has 1 aliphatic rings. The Bertz CT molecular complexity index is 555. The summed E-state index contributed by atoms with van der Waals surface area (Å²) in [5.74, 6) is -2.78. The Kier molecular flexibility index (Phi) is 4.11. The van der Waals surface area contributed by atoms with Gasteiger partial charge >= 0.3 is 12.0 Å². The van der Waals surface area contributed by atoms with Crippen molar-refractivity contribution in [3.05, 3.63) is 35.4 Å². The number of benzene rings is 1. The molecule has 114 valence electrons. The summed E-state index contributed by atoms with van der Waals surface area (Å²) in [7, 11) is 0. The van der Waals surface area contributed by atoms with Crippen molar-refractivity contribution in [1.82, 2.24) is 10.6 Å². The van der Waals surface area contributed by atoms with Crippen molar-refractivity contribution in [2.24, 2.45) is 5.92 Å². The van der Waals surface area contributed by atoms with Gasteiger partial charge in [0.05, 0.1) is 6.54 Å². The van der Waals surface area contributed by atoms with Crippen molar-refractivity contribution in [2.45, 2.75) is 31.8 Å². The molecular formula is C14H16F2N2O3. The Labute approximate surface area is 120 Å². The molecule has 2 rings (SSSR count). The van der Waals surface area contributed by atoms with Gasteiger partial charge in [-0.05, 0) is 37.8 Å². The van der Waals surface area contributed by atoms with E-state index in [0.29, 0.717) is 0 Å². The van der Waals surface area contributed by atoms with Gasteiger partial charge < -0.3 is 15.7 Å². The van der Waals surface area contributed by atoms with E-state index in [1.165, 1.54) is 13.0 Å². The quantitative estimate of drug-likeness (QED) is 0.778. The Morgan fingerprint density at radius 2 is 1.90 bits per heavy atom. The number of amides is 2. The summed E-state index contributed by atoms with van der Waals surface area (Å²) in [5.41, 5.74) is -1.63. The van der Waals surface area contributed by atoms with Crippen LogP contribution in [-0.4, -0.2) is 22.6 Å².